The van der Waals surface area contributed by atoms with Gasteiger partial charge in [-0.05, 0) is 0 Å². The molecule has 15 heavy (non-hydrogen) atoms. The number of carbonyl (C=O) groups excluding carboxylic acids is 2. The van der Waals surface area contributed by atoms with Crippen molar-refractivity contribution in [1.82, 2.24) is 0 Å². The van der Waals surface area contributed by atoms with Crippen LogP contribution in [0.3, 0.4) is 0 Å². The van der Waals surface area contributed by atoms with Crippen LogP contribution in [-0.4, -0.2) is 11.9 Å². The molecule has 0 amide bonds. The van der Waals surface area contributed by atoms with Crippen LogP contribution in [0.15, 0.2) is 0 Å². The SMILES string of the molecule is O=C([O-])C(=O)[O-].[Na+].[Na+].[Na+].[Na+].[O]=[W](=[O])([O-])[O-]. The number of aliphatic carboxylic acids is 2. The third kappa shape index (κ3) is 77.0. The second-order valence-electron chi connectivity index (χ2n) is 0.983. The summed E-state index contributed by atoms with van der Waals surface area (Å²) in [6.07, 6.45) is 0. The zero-order valence-electron chi connectivity index (χ0n) is 8.67. The van der Waals surface area contributed by atoms with Crippen LogP contribution in [0.25, 0.3) is 0 Å². The monoisotopic (exact) mass is 428 g/mol. The van der Waals surface area contributed by atoms with E-state index >= 15 is 0 Å². The molecule has 0 aliphatic rings. The van der Waals surface area contributed by atoms with Gasteiger partial charge in [-0.25, -0.2) is 0 Å². The first-order valence-electron chi connectivity index (χ1n) is 1.73. The van der Waals surface area contributed by atoms with Crippen LogP contribution in [0.4, 0.5) is 0 Å². The Morgan fingerprint density at radius 2 is 0.800 bits per heavy atom. The fourth-order valence-electron chi connectivity index (χ4n) is 0. The Morgan fingerprint density at radius 1 is 0.733 bits per heavy atom. The fraction of sp³-hybridized carbons (Fsp3) is 0. The molecule has 8 nitrogen and oxygen atoms in total. The first kappa shape index (κ1) is 36.2. The number of hydrogen-bond donors (Lipinski definition) is 0. The van der Waals surface area contributed by atoms with Gasteiger partial charge in [-0.3, -0.25) is 0 Å². The summed E-state index contributed by atoms with van der Waals surface area (Å²) < 4.78 is 34.6. The molecule has 0 heterocycles. The maximum absolute atomic E-state index is 8.93. The van der Waals surface area contributed by atoms with Crippen molar-refractivity contribution in [2.24, 2.45) is 0 Å². The van der Waals surface area contributed by atoms with Gasteiger partial charge >= 0.3 is 149 Å². The average molecular weight is 428 g/mol. The van der Waals surface area contributed by atoms with Gasteiger partial charge in [-0.2, -0.15) is 0 Å². The Labute approximate surface area is 177 Å². The zero-order valence-corrected chi connectivity index (χ0v) is 19.6. The van der Waals surface area contributed by atoms with Crippen molar-refractivity contribution in [1.29, 1.82) is 0 Å². The van der Waals surface area contributed by atoms with E-state index < -0.39 is 28.7 Å². The predicted molar refractivity (Wildman–Crippen MR) is 11.4 cm³/mol. The van der Waals surface area contributed by atoms with Crippen LogP contribution in [0.2, 0.25) is 0 Å². The maximum atomic E-state index is 8.93. The summed E-state index contributed by atoms with van der Waals surface area (Å²) in [5.41, 5.74) is 0. The van der Waals surface area contributed by atoms with E-state index in [-0.39, 0.29) is 118 Å². The number of carbonyl (C=O) groups is 2. The molecule has 13 heteroatoms. The van der Waals surface area contributed by atoms with Crippen molar-refractivity contribution in [2.75, 3.05) is 0 Å². The van der Waals surface area contributed by atoms with Crippen LogP contribution < -0.4 is 136 Å². The van der Waals surface area contributed by atoms with Crippen molar-refractivity contribution in [2.45, 2.75) is 0 Å². The van der Waals surface area contributed by atoms with Gasteiger partial charge in [0.25, 0.3) is 0 Å². The predicted octanol–water partition coefficient (Wildman–Crippen LogP) is -18.1. The molecule has 0 aromatic heterocycles. The molecule has 0 rings (SSSR count). The van der Waals surface area contributed by atoms with Crippen LogP contribution in [0.1, 0.15) is 0 Å². The van der Waals surface area contributed by atoms with Crippen molar-refractivity contribution < 1.29 is 169 Å². The molecule has 0 aromatic rings. The van der Waals surface area contributed by atoms with Gasteiger partial charge in [0.15, 0.2) is 0 Å². The number of rotatable bonds is 0. The molecule has 0 spiro atoms. The topological polar surface area (TPSA) is 161 Å². The quantitative estimate of drug-likeness (QED) is 0.272. The van der Waals surface area contributed by atoms with Gasteiger partial charge in [0.1, 0.15) is 0 Å². The van der Waals surface area contributed by atoms with Gasteiger partial charge in [-0.15, -0.1) is 0 Å². The summed E-state index contributed by atoms with van der Waals surface area (Å²) in [5.74, 6) is -4.37. The van der Waals surface area contributed by atoms with Gasteiger partial charge in [0, 0.05) is 0 Å². The number of hydrogen-bond acceptors (Lipinski definition) is 8. The summed E-state index contributed by atoms with van der Waals surface area (Å²) in [5, 5.41) is 17.9. The summed E-state index contributed by atoms with van der Waals surface area (Å²) in [6, 6.07) is 0. The van der Waals surface area contributed by atoms with Crippen LogP contribution in [0, 0.1) is 0 Å². The van der Waals surface area contributed by atoms with E-state index in [0.29, 0.717) is 0 Å². The first-order valence-corrected chi connectivity index (χ1v) is 6.52. The minimum atomic E-state index is -6.17. The van der Waals surface area contributed by atoms with Gasteiger partial charge < -0.3 is 19.8 Å². The van der Waals surface area contributed by atoms with Crippen LogP contribution in [-0.2, 0) is 33.1 Å². The third-order valence-corrected chi connectivity index (χ3v) is 0.167. The molecule has 0 aromatic carbocycles. The Balaban J connectivity index is -0.0000000215. The molecule has 0 N–H and O–H groups in total. The summed E-state index contributed by atoms with van der Waals surface area (Å²) in [4.78, 5) is 17.9. The molecule has 0 radical (unpaired) electrons. The van der Waals surface area contributed by atoms with Gasteiger partial charge in [-0.1, -0.05) is 0 Å². The molecule has 0 aliphatic carbocycles. The number of carboxylic acid groups (broad SMARTS) is 2. The van der Waals surface area contributed by atoms with Crippen molar-refractivity contribution in [3.8, 4) is 0 Å². The molecule has 0 atom stereocenters. The normalized spacial score (nSPS) is 6.80. The minimum absolute atomic E-state index is 0. The van der Waals surface area contributed by atoms with Crippen LogP contribution >= 0.6 is 0 Å². The number of carboxylic acids is 2. The summed E-state index contributed by atoms with van der Waals surface area (Å²) in [6.45, 7) is 0. The second kappa shape index (κ2) is 19.5. The standard InChI is InChI=1S/C2H2O4.4Na.4O.W/c3-1(4)2(5)6;;;;;;;;;/h(H,3,4)(H,5,6);;;;;;;;;/q;4*+1;;;2*-1;/p-2. The van der Waals surface area contributed by atoms with Crippen LogP contribution in [0.5, 0.6) is 0 Å². The average Bonchev–Trinajstić information content (AvgIpc) is 1.59. The molecular weight excluding hydrogens is 428 g/mol. The molecule has 0 fully saturated rings. The Morgan fingerprint density at radius 3 is 0.800 bits per heavy atom. The summed E-state index contributed by atoms with van der Waals surface area (Å²) >= 11 is -6.17. The van der Waals surface area contributed by atoms with E-state index in [0.717, 1.165) is 0 Å². The van der Waals surface area contributed by atoms with Crippen molar-refractivity contribution >= 4 is 11.9 Å². The zero-order chi connectivity index (χ0) is 9.65. The van der Waals surface area contributed by atoms with E-state index in [1.54, 1.807) is 0 Å². The van der Waals surface area contributed by atoms with E-state index in [1.165, 1.54) is 0 Å². The van der Waals surface area contributed by atoms with E-state index in [9.17, 15) is 0 Å². The van der Waals surface area contributed by atoms with Gasteiger partial charge in [0.05, 0.1) is 11.9 Å². The Hall–Kier alpha value is 3.15. The molecule has 0 unspecified atom stereocenters. The van der Waals surface area contributed by atoms with E-state index in [2.05, 4.69) is 0 Å². The Kier molecular flexibility index (Phi) is 47.0. The molecule has 66 valence electrons. The van der Waals surface area contributed by atoms with E-state index in [1.807, 2.05) is 0 Å². The Bertz CT molecular complexity index is 227. The molecule has 0 aliphatic heterocycles. The second-order valence-corrected chi connectivity index (χ2v) is 3.92. The molecule has 0 bridgehead atoms. The molecule has 0 saturated heterocycles. The van der Waals surface area contributed by atoms with Gasteiger partial charge in [0.2, 0.25) is 0 Å². The molecular formula is C2Na4O8W. The first-order chi connectivity index (χ1) is 4.64. The third-order valence-electron chi connectivity index (χ3n) is 0.167. The molecule has 0 saturated carbocycles. The van der Waals surface area contributed by atoms with Crippen molar-refractivity contribution in [3.63, 3.8) is 0 Å². The fourth-order valence-corrected chi connectivity index (χ4v) is 0. The van der Waals surface area contributed by atoms with Crippen molar-refractivity contribution in [3.05, 3.63) is 0 Å². The summed E-state index contributed by atoms with van der Waals surface area (Å²) in [7, 11) is 0. The van der Waals surface area contributed by atoms with E-state index in [4.69, 9.17) is 34.1 Å².